The average molecular weight is 258 g/mol. The Morgan fingerprint density at radius 1 is 1.42 bits per heavy atom. The first-order chi connectivity index (χ1) is 9.16. The Balaban J connectivity index is 2.04. The van der Waals surface area contributed by atoms with Crippen LogP contribution in [0.3, 0.4) is 0 Å². The van der Waals surface area contributed by atoms with E-state index in [0.29, 0.717) is 23.8 Å². The molecule has 0 aliphatic rings. The Kier molecular flexibility index (Phi) is 4.34. The predicted octanol–water partition coefficient (Wildman–Crippen LogP) is 3.12. The zero-order valence-corrected chi connectivity index (χ0v) is 11.2. The van der Waals surface area contributed by atoms with Gasteiger partial charge in [-0.15, -0.1) is 0 Å². The molecule has 0 saturated carbocycles. The van der Waals surface area contributed by atoms with E-state index in [-0.39, 0.29) is 5.91 Å². The molecule has 2 aromatic rings. The first-order valence-electron chi connectivity index (χ1n) is 6.44. The van der Waals surface area contributed by atoms with Crippen molar-refractivity contribution in [2.75, 3.05) is 6.54 Å². The highest BCUT2D eigenvalue weighted by molar-refractivity contribution is 5.94. The lowest BCUT2D eigenvalue weighted by molar-refractivity contribution is 0.0951. The van der Waals surface area contributed by atoms with Crippen LogP contribution in [0.4, 0.5) is 0 Å². The highest BCUT2D eigenvalue weighted by Crippen LogP contribution is 2.19. The summed E-state index contributed by atoms with van der Waals surface area (Å²) in [6.45, 7) is 4.94. The molecule has 0 bridgehead atoms. The molecule has 0 fully saturated rings. The third kappa shape index (κ3) is 3.68. The summed E-state index contributed by atoms with van der Waals surface area (Å²) >= 11 is 0. The van der Waals surface area contributed by atoms with E-state index in [1.54, 1.807) is 24.7 Å². The van der Waals surface area contributed by atoms with Gasteiger partial charge >= 0.3 is 0 Å². The summed E-state index contributed by atoms with van der Waals surface area (Å²) in [5.41, 5.74) is 1.36. The quantitative estimate of drug-likeness (QED) is 0.896. The minimum Gasteiger partial charge on any atom is -0.464 e. The first kappa shape index (κ1) is 13.3. The Morgan fingerprint density at radius 3 is 2.95 bits per heavy atom. The van der Waals surface area contributed by atoms with Gasteiger partial charge in [0.2, 0.25) is 0 Å². The van der Waals surface area contributed by atoms with Gasteiger partial charge < -0.3 is 9.73 Å². The summed E-state index contributed by atoms with van der Waals surface area (Å²) in [7, 11) is 0. The minimum atomic E-state index is -0.0958. The molecule has 0 atom stereocenters. The van der Waals surface area contributed by atoms with Gasteiger partial charge in [0.15, 0.2) is 0 Å². The van der Waals surface area contributed by atoms with E-state index in [2.05, 4.69) is 24.1 Å². The van der Waals surface area contributed by atoms with E-state index < -0.39 is 0 Å². The fourth-order valence-electron chi connectivity index (χ4n) is 1.72. The molecule has 0 aromatic carbocycles. The lowest BCUT2D eigenvalue weighted by atomic mass is 10.1. The highest BCUT2D eigenvalue weighted by atomic mass is 16.3. The Bertz CT molecular complexity index is 533. The van der Waals surface area contributed by atoms with Gasteiger partial charge in [-0.05, 0) is 30.5 Å². The van der Waals surface area contributed by atoms with Crippen molar-refractivity contribution in [2.24, 2.45) is 5.92 Å². The van der Waals surface area contributed by atoms with Crippen LogP contribution in [0.15, 0.2) is 41.3 Å². The standard InChI is InChI=1S/C15H18N2O2/c1-11(2)5-6-17-15(18)13-8-12(9-16-10-13)14-4-3-7-19-14/h3-4,7-11H,5-6H2,1-2H3,(H,17,18). The lowest BCUT2D eigenvalue weighted by Crippen LogP contribution is -2.25. The molecule has 2 rings (SSSR count). The topological polar surface area (TPSA) is 55.1 Å². The maximum Gasteiger partial charge on any atom is 0.252 e. The number of hydrogen-bond acceptors (Lipinski definition) is 3. The highest BCUT2D eigenvalue weighted by Gasteiger charge is 2.08. The van der Waals surface area contributed by atoms with E-state index in [1.807, 2.05) is 12.1 Å². The maximum absolute atomic E-state index is 12.0. The zero-order valence-electron chi connectivity index (χ0n) is 11.2. The van der Waals surface area contributed by atoms with Crippen LogP contribution < -0.4 is 5.32 Å². The van der Waals surface area contributed by atoms with Crippen molar-refractivity contribution in [2.45, 2.75) is 20.3 Å². The zero-order chi connectivity index (χ0) is 13.7. The van der Waals surface area contributed by atoms with Gasteiger partial charge in [-0.25, -0.2) is 0 Å². The number of nitrogens with zero attached hydrogens (tertiary/aromatic N) is 1. The van der Waals surface area contributed by atoms with Crippen molar-refractivity contribution < 1.29 is 9.21 Å². The SMILES string of the molecule is CC(C)CCNC(=O)c1cncc(-c2ccco2)c1. The van der Waals surface area contributed by atoms with Gasteiger partial charge in [0.05, 0.1) is 11.8 Å². The second kappa shape index (κ2) is 6.18. The van der Waals surface area contributed by atoms with Crippen molar-refractivity contribution >= 4 is 5.91 Å². The van der Waals surface area contributed by atoms with Crippen LogP contribution in [0.25, 0.3) is 11.3 Å². The number of pyridine rings is 1. The molecular weight excluding hydrogens is 240 g/mol. The number of aromatic nitrogens is 1. The Hall–Kier alpha value is -2.10. The molecule has 0 aliphatic heterocycles. The van der Waals surface area contributed by atoms with Gasteiger partial charge in [-0.1, -0.05) is 13.8 Å². The van der Waals surface area contributed by atoms with Crippen molar-refractivity contribution in [1.29, 1.82) is 0 Å². The van der Waals surface area contributed by atoms with Gasteiger partial charge in [-0.3, -0.25) is 9.78 Å². The predicted molar refractivity (Wildman–Crippen MR) is 73.7 cm³/mol. The van der Waals surface area contributed by atoms with Crippen LogP contribution in [0, 0.1) is 5.92 Å². The summed E-state index contributed by atoms with van der Waals surface area (Å²) in [6, 6.07) is 5.44. The van der Waals surface area contributed by atoms with Crippen molar-refractivity contribution in [1.82, 2.24) is 10.3 Å². The van der Waals surface area contributed by atoms with E-state index in [1.165, 1.54) is 0 Å². The number of amides is 1. The summed E-state index contributed by atoms with van der Waals surface area (Å²) in [5, 5.41) is 2.89. The molecular formula is C15H18N2O2. The minimum absolute atomic E-state index is 0.0958. The summed E-state index contributed by atoms with van der Waals surface area (Å²) in [4.78, 5) is 16.1. The van der Waals surface area contributed by atoms with Gasteiger partial charge in [0.25, 0.3) is 5.91 Å². The maximum atomic E-state index is 12.0. The van der Waals surface area contributed by atoms with E-state index in [0.717, 1.165) is 12.0 Å². The van der Waals surface area contributed by atoms with Crippen LogP contribution in [0.5, 0.6) is 0 Å². The molecule has 1 N–H and O–H groups in total. The van der Waals surface area contributed by atoms with E-state index in [9.17, 15) is 4.79 Å². The monoisotopic (exact) mass is 258 g/mol. The molecule has 0 unspecified atom stereocenters. The molecule has 4 heteroatoms. The van der Waals surface area contributed by atoms with E-state index >= 15 is 0 Å². The Morgan fingerprint density at radius 2 is 2.26 bits per heavy atom. The van der Waals surface area contributed by atoms with Gasteiger partial charge in [-0.2, -0.15) is 0 Å². The van der Waals surface area contributed by atoms with Crippen molar-refractivity contribution in [3.63, 3.8) is 0 Å². The number of carbonyl (C=O) groups excluding carboxylic acids is 1. The third-order valence-electron chi connectivity index (χ3n) is 2.81. The van der Waals surface area contributed by atoms with Crippen molar-refractivity contribution in [3.05, 3.63) is 42.4 Å². The molecule has 0 aliphatic carbocycles. The number of furan rings is 1. The second-order valence-electron chi connectivity index (χ2n) is 4.88. The van der Waals surface area contributed by atoms with Crippen LogP contribution in [-0.4, -0.2) is 17.4 Å². The van der Waals surface area contributed by atoms with Crippen LogP contribution in [-0.2, 0) is 0 Å². The second-order valence-corrected chi connectivity index (χ2v) is 4.88. The largest absolute Gasteiger partial charge is 0.464 e. The first-order valence-corrected chi connectivity index (χ1v) is 6.44. The summed E-state index contributed by atoms with van der Waals surface area (Å²) in [6.07, 6.45) is 5.82. The van der Waals surface area contributed by atoms with Crippen LogP contribution >= 0.6 is 0 Å². The van der Waals surface area contributed by atoms with Crippen molar-refractivity contribution in [3.8, 4) is 11.3 Å². The normalized spacial score (nSPS) is 10.7. The molecule has 0 saturated heterocycles. The molecule has 0 radical (unpaired) electrons. The smallest absolute Gasteiger partial charge is 0.252 e. The number of nitrogens with one attached hydrogen (secondary N) is 1. The van der Waals surface area contributed by atoms with Gasteiger partial charge in [0.1, 0.15) is 5.76 Å². The van der Waals surface area contributed by atoms with Gasteiger partial charge in [0, 0.05) is 24.5 Å². The lowest BCUT2D eigenvalue weighted by Gasteiger charge is -2.07. The molecule has 4 nitrogen and oxygen atoms in total. The fourth-order valence-corrected chi connectivity index (χ4v) is 1.72. The fraction of sp³-hybridized carbons (Fsp3) is 0.333. The summed E-state index contributed by atoms with van der Waals surface area (Å²) < 4.78 is 5.30. The molecule has 100 valence electrons. The molecule has 19 heavy (non-hydrogen) atoms. The third-order valence-corrected chi connectivity index (χ3v) is 2.81. The Labute approximate surface area is 112 Å². The molecule has 2 aromatic heterocycles. The molecule has 2 heterocycles. The number of carbonyl (C=O) groups is 1. The van der Waals surface area contributed by atoms with Crippen LogP contribution in [0.2, 0.25) is 0 Å². The van der Waals surface area contributed by atoms with Crippen LogP contribution in [0.1, 0.15) is 30.6 Å². The van der Waals surface area contributed by atoms with E-state index in [4.69, 9.17) is 4.42 Å². The number of hydrogen-bond donors (Lipinski definition) is 1. The number of rotatable bonds is 5. The molecule has 0 spiro atoms. The summed E-state index contributed by atoms with van der Waals surface area (Å²) in [5.74, 6) is 1.19. The average Bonchev–Trinajstić information content (AvgIpc) is 2.92. The molecule has 1 amide bonds.